The summed E-state index contributed by atoms with van der Waals surface area (Å²) in [6.45, 7) is 0.664. The molecule has 1 aliphatic carbocycles. The van der Waals surface area contributed by atoms with E-state index in [1.54, 1.807) is 41.8 Å². The molecule has 0 spiro atoms. The van der Waals surface area contributed by atoms with Crippen LogP contribution < -0.4 is 20.3 Å². The zero-order valence-corrected chi connectivity index (χ0v) is 17.3. The largest absolute Gasteiger partial charge is 0.497 e. The van der Waals surface area contributed by atoms with Crippen molar-refractivity contribution in [2.45, 2.75) is 45.2 Å². The summed E-state index contributed by atoms with van der Waals surface area (Å²) in [6.07, 6.45) is 7.73. The molecule has 0 atom stereocenters. The zero-order valence-electron chi connectivity index (χ0n) is 17.3. The van der Waals surface area contributed by atoms with Gasteiger partial charge in [0.1, 0.15) is 17.0 Å². The molecule has 1 amide bonds. The molecule has 1 aliphatic rings. The number of methoxy groups -OCH3 is 2. The maximum absolute atomic E-state index is 12.9. The predicted octanol–water partition coefficient (Wildman–Crippen LogP) is 2.10. The Morgan fingerprint density at radius 2 is 2.00 bits per heavy atom. The highest BCUT2D eigenvalue weighted by atomic mass is 16.5. The number of carbonyl (C=O) groups is 1. The third-order valence-electron chi connectivity index (χ3n) is 5.58. The van der Waals surface area contributed by atoms with Gasteiger partial charge in [0, 0.05) is 49.1 Å². The van der Waals surface area contributed by atoms with Crippen molar-refractivity contribution in [3.63, 3.8) is 0 Å². The van der Waals surface area contributed by atoms with E-state index in [0.717, 1.165) is 42.5 Å². The van der Waals surface area contributed by atoms with Crippen molar-refractivity contribution in [2.24, 2.45) is 0 Å². The fourth-order valence-electron chi connectivity index (χ4n) is 3.93. The van der Waals surface area contributed by atoms with Gasteiger partial charge in [-0.3, -0.25) is 9.59 Å². The minimum Gasteiger partial charge on any atom is -0.497 e. The van der Waals surface area contributed by atoms with E-state index in [1.165, 1.54) is 0 Å². The van der Waals surface area contributed by atoms with E-state index in [2.05, 4.69) is 10.4 Å². The standard InChI is InChI=1S/C22H26N4O4/c1-29-16-8-7-15(19(13-16)30-2)14-23-20(27)9-10-25-11-12-26-21(22(25)28)17-5-3-4-6-18(17)24-26/h7-8,11-13H,3-6,9-10,14H2,1-2H3,(H,23,27). The fourth-order valence-corrected chi connectivity index (χ4v) is 3.93. The Hall–Kier alpha value is -3.29. The minimum atomic E-state index is -0.129. The normalized spacial score (nSPS) is 13.1. The highest BCUT2D eigenvalue weighted by Crippen LogP contribution is 2.24. The van der Waals surface area contributed by atoms with Gasteiger partial charge in [0.05, 0.1) is 19.9 Å². The Kier molecular flexibility index (Phi) is 5.74. The number of nitrogens with one attached hydrogen (secondary N) is 1. The number of fused-ring (bicyclic) bond motifs is 3. The van der Waals surface area contributed by atoms with E-state index in [4.69, 9.17) is 9.47 Å². The number of benzene rings is 1. The first-order chi connectivity index (χ1) is 14.6. The van der Waals surface area contributed by atoms with E-state index in [9.17, 15) is 9.59 Å². The monoisotopic (exact) mass is 410 g/mol. The molecule has 8 heteroatoms. The summed E-state index contributed by atoms with van der Waals surface area (Å²) < 4.78 is 13.8. The van der Waals surface area contributed by atoms with Gasteiger partial charge < -0.3 is 19.4 Å². The molecule has 0 unspecified atom stereocenters. The summed E-state index contributed by atoms with van der Waals surface area (Å²) in [5, 5.41) is 7.44. The molecule has 0 bridgehead atoms. The van der Waals surface area contributed by atoms with Crippen LogP contribution in [0.25, 0.3) is 5.52 Å². The van der Waals surface area contributed by atoms with E-state index in [0.29, 0.717) is 30.1 Å². The molecule has 0 saturated carbocycles. The SMILES string of the molecule is COc1ccc(CNC(=O)CCn2ccn3nc4c(c3c2=O)CCCC4)c(OC)c1. The lowest BCUT2D eigenvalue weighted by molar-refractivity contribution is -0.121. The molecule has 4 rings (SSSR count). The second kappa shape index (κ2) is 8.61. The minimum absolute atomic E-state index is 0.0854. The maximum Gasteiger partial charge on any atom is 0.276 e. The number of ether oxygens (including phenoxy) is 2. The zero-order chi connectivity index (χ0) is 21.1. The molecule has 8 nitrogen and oxygen atoms in total. The molecule has 2 aromatic heterocycles. The Labute approximate surface area is 174 Å². The lowest BCUT2D eigenvalue weighted by Crippen LogP contribution is -2.28. The van der Waals surface area contributed by atoms with Crippen molar-refractivity contribution in [1.29, 1.82) is 0 Å². The van der Waals surface area contributed by atoms with E-state index >= 15 is 0 Å². The smallest absolute Gasteiger partial charge is 0.276 e. The van der Waals surface area contributed by atoms with Gasteiger partial charge in [-0.05, 0) is 37.8 Å². The van der Waals surface area contributed by atoms with Gasteiger partial charge in [-0.1, -0.05) is 0 Å². The lowest BCUT2D eigenvalue weighted by atomic mass is 9.97. The van der Waals surface area contributed by atoms with Crippen molar-refractivity contribution in [3.05, 3.63) is 57.8 Å². The van der Waals surface area contributed by atoms with Crippen LogP contribution in [0.5, 0.6) is 11.5 Å². The summed E-state index contributed by atoms with van der Waals surface area (Å²) in [6, 6.07) is 5.46. The Morgan fingerprint density at radius 1 is 1.17 bits per heavy atom. The van der Waals surface area contributed by atoms with Crippen molar-refractivity contribution in [2.75, 3.05) is 14.2 Å². The van der Waals surface area contributed by atoms with Crippen molar-refractivity contribution in [1.82, 2.24) is 19.5 Å². The van der Waals surface area contributed by atoms with Crippen molar-refractivity contribution in [3.8, 4) is 11.5 Å². The molecular formula is C22H26N4O4. The van der Waals surface area contributed by atoms with Crippen LogP contribution in [0.15, 0.2) is 35.4 Å². The third kappa shape index (κ3) is 3.90. The Morgan fingerprint density at radius 3 is 2.80 bits per heavy atom. The first-order valence-electron chi connectivity index (χ1n) is 10.2. The van der Waals surface area contributed by atoms with Gasteiger partial charge in [0.25, 0.3) is 5.56 Å². The topological polar surface area (TPSA) is 86.9 Å². The summed E-state index contributed by atoms with van der Waals surface area (Å²) in [5.74, 6) is 1.22. The van der Waals surface area contributed by atoms with Crippen molar-refractivity contribution < 1.29 is 14.3 Å². The van der Waals surface area contributed by atoms with Gasteiger partial charge in [-0.25, -0.2) is 4.52 Å². The predicted molar refractivity (Wildman–Crippen MR) is 112 cm³/mol. The molecule has 30 heavy (non-hydrogen) atoms. The maximum atomic E-state index is 12.9. The molecule has 3 aromatic rings. The number of rotatable bonds is 7. The molecule has 158 valence electrons. The number of nitrogens with zero attached hydrogens (tertiary/aromatic N) is 3. The van der Waals surface area contributed by atoms with Crippen LogP contribution in [0.3, 0.4) is 0 Å². The first kappa shape index (κ1) is 20.0. The number of hydrogen-bond acceptors (Lipinski definition) is 5. The second-order valence-electron chi connectivity index (χ2n) is 7.43. The van der Waals surface area contributed by atoms with Gasteiger partial charge in [0.2, 0.25) is 5.91 Å². The Bertz CT molecular complexity index is 1130. The first-order valence-corrected chi connectivity index (χ1v) is 10.2. The second-order valence-corrected chi connectivity index (χ2v) is 7.43. The van der Waals surface area contributed by atoms with E-state index in [1.807, 2.05) is 12.1 Å². The van der Waals surface area contributed by atoms with Gasteiger partial charge in [-0.2, -0.15) is 5.10 Å². The number of aryl methyl sites for hydroxylation is 3. The third-order valence-corrected chi connectivity index (χ3v) is 5.58. The van der Waals surface area contributed by atoms with Crippen molar-refractivity contribution >= 4 is 11.4 Å². The van der Waals surface area contributed by atoms with Crippen LogP contribution in [0.1, 0.15) is 36.1 Å². The van der Waals surface area contributed by atoms with Crippen LogP contribution in [-0.4, -0.2) is 34.3 Å². The van der Waals surface area contributed by atoms with Crippen LogP contribution >= 0.6 is 0 Å². The quantitative estimate of drug-likeness (QED) is 0.645. The summed E-state index contributed by atoms with van der Waals surface area (Å²) >= 11 is 0. The molecule has 0 radical (unpaired) electrons. The molecule has 1 aromatic carbocycles. The number of amides is 1. The highest BCUT2D eigenvalue weighted by molar-refractivity contribution is 5.75. The number of aromatic nitrogens is 3. The lowest BCUT2D eigenvalue weighted by Gasteiger charge is -2.12. The molecule has 2 heterocycles. The average Bonchev–Trinajstić information content (AvgIpc) is 3.16. The highest BCUT2D eigenvalue weighted by Gasteiger charge is 2.19. The summed E-state index contributed by atoms with van der Waals surface area (Å²) in [7, 11) is 3.17. The molecule has 0 fully saturated rings. The number of carbonyl (C=O) groups excluding carboxylic acids is 1. The van der Waals surface area contributed by atoms with Gasteiger partial charge in [0.15, 0.2) is 0 Å². The van der Waals surface area contributed by atoms with E-state index < -0.39 is 0 Å². The van der Waals surface area contributed by atoms with Crippen LogP contribution in [0, 0.1) is 0 Å². The fraction of sp³-hybridized carbons (Fsp3) is 0.409. The average molecular weight is 410 g/mol. The van der Waals surface area contributed by atoms with Crippen LogP contribution in [0.4, 0.5) is 0 Å². The molecule has 0 saturated heterocycles. The number of hydrogen-bond donors (Lipinski definition) is 1. The van der Waals surface area contributed by atoms with Gasteiger partial charge >= 0.3 is 0 Å². The molecule has 0 aliphatic heterocycles. The molecular weight excluding hydrogens is 384 g/mol. The summed E-state index contributed by atoms with van der Waals surface area (Å²) in [4.78, 5) is 25.3. The van der Waals surface area contributed by atoms with Crippen LogP contribution in [-0.2, 0) is 30.7 Å². The van der Waals surface area contributed by atoms with E-state index in [-0.39, 0.29) is 17.9 Å². The summed E-state index contributed by atoms with van der Waals surface area (Å²) in [5.41, 5.74) is 3.52. The molecule has 1 N–H and O–H groups in total. The van der Waals surface area contributed by atoms with Crippen LogP contribution in [0.2, 0.25) is 0 Å². The Balaban J connectivity index is 1.41. The van der Waals surface area contributed by atoms with Gasteiger partial charge in [-0.15, -0.1) is 0 Å².